The first-order valence-corrected chi connectivity index (χ1v) is 6.42. The minimum Gasteiger partial charge on any atom is -0.423 e. The normalized spacial score (nSPS) is 16.7. The summed E-state index contributed by atoms with van der Waals surface area (Å²) in [6.45, 7) is 8.29. The molecule has 3 nitrogen and oxygen atoms in total. The predicted molar refractivity (Wildman–Crippen MR) is 78.6 cm³/mol. The number of fused-ring (bicyclic) bond motifs is 2. The number of rotatable bonds is 0. The Hall–Kier alpha value is -2.03. The van der Waals surface area contributed by atoms with Crippen LogP contribution >= 0.6 is 0 Å². The number of aryl methyl sites for hydroxylation is 1. The number of benzene rings is 1. The van der Waals surface area contributed by atoms with Crippen LogP contribution in [-0.2, 0) is 0 Å². The molecule has 98 valence electrons. The highest BCUT2D eigenvalue weighted by Gasteiger charge is 2.23. The molecular formula is C16H17NO2. The second kappa shape index (κ2) is 3.73. The molecule has 0 fully saturated rings. The average Bonchev–Trinajstić information content (AvgIpc) is 2.24. The van der Waals surface area contributed by atoms with Gasteiger partial charge in [0, 0.05) is 28.8 Å². The Labute approximate surface area is 111 Å². The third-order valence-electron chi connectivity index (χ3n) is 3.55. The summed E-state index contributed by atoms with van der Waals surface area (Å²) in [4.78, 5) is 11.5. The van der Waals surface area contributed by atoms with Crippen molar-refractivity contribution < 1.29 is 4.42 Å². The minimum atomic E-state index is -0.299. The molecule has 0 aliphatic carbocycles. The summed E-state index contributed by atoms with van der Waals surface area (Å²) in [6.07, 6.45) is 2.22. The van der Waals surface area contributed by atoms with Crippen LogP contribution in [0.5, 0.6) is 0 Å². The van der Waals surface area contributed by atoms with Crippen molar-refractivity contribution in [3.63, 3.8) is 0 Å². The highest BCUT2D eigenvalue weighted by molar-refractivity contribution is 5.92. The van der Waals surface area contributed by atoms with Crippen LogP contribution in [0, 0.1) is 6.92 Å². The zero-order valence-electron chi connectivity index (χ0n) is 11.6. The van der Waals surface area contributed by atoms with Crippen molar-refractivity contribution in [2.75, 3.05) is 5.32 Å². The molecule has 1 aromatic carbocycles. The molecule has 0 bridgehead atoms. The predicted octanol–water partition coefficient (Wildman–Crippen LogP) is 3.71. The molecule has 1 aliphatic rings. The molecule has 2 heterocycles. The molecule has 1 aliphatic heterocycles. The van der Waals surface area contributed by atoms with Gasteiger partial charge in [-0.2, -0.15) is 0 Å². The van der Waals surface area contributed by atoms with E-state index in [4.69, 9.17) is 4.42 Å². The molecule has 19 heavy (non-hydrogen) atoms. The maximum Gasteiger partial charge on any atom is 0.336 e. The Morgan fingerprint density at radius 2 is 1.89 bits per heavy atom. The van der Waals surface area contributed by atoms with E-state index in [0.29, 0.717) is 5.58 Å². The maximum absolute atomic E-state index is 11.5. The molecule has 0 radical (unpaired) electrons. The summed E-state index contributed by atoms with van der Waals surface area (Å²) < 4.78 is 5.30. The van der Waals surface area contributed by atoms with Crippen LogP contribution in [0.3, 0.4) is 0 Å². The summed E-state index contributed by atoms with van der Waals surface area (Å²) in [5, 5.41) is 4.45. The van der Waals surface area contributed by atoms with Gasteiger partial charge in [-0.3, -0.25) is 0 Å². The van der Waals surface area contributed by atoms with Crippen molar-refractivity contribution in [2.45, 2.75) is 33.2 Å². The first-order valence-electron chi connectivity index (χ1n) is 6.42. The van der Waals surface area contributed by atoms with Crippen molar-refractivity contribution in [1.82, 2.24) is 0 Å². The second-order valence-corrected chi connectivity index (χ2v) is 5.82. The number of anilines is 1. The Morgan fingerprint density at radius 3 is 2.63 bits per heavy atom. The quantitative estimate of drug-likeness (QED) is 0.730. The van der Waals surface area contributed by atoms with E-state index in [0.717, 1.165) is 16.6 Å². The average molecular weight is 255 g/mol. The summed E-state index contributed by atoms with van der Waals surface area (Å²) in [7, 11) is 0. The highest BCUT2D eigenvalue weighted by Crippen LogP contribution is 2.36. The second-order valence-electron chi connectivity index (χ2n) is 5.82. The molecule has 3 rings (SSSR count). The summed E-state index contributed by atoms with van der Waals surface area (Å²) in [5.74, 6) is 0. The first kappa shape index (κ1) is 12.0. The van der Waals surface area contributed by atoms with Gasteiger partial charge in [-0.15, -0.1) is 0 Å². The minimum absolute atomic E-state index is 0.0884. The smallest absolute Gasteiger partial charge is 0.336 e. The zero-order chi connectivity index (χ0) is 13.8. The monoisotopic (exact) mass is 255 g/mol. The molecule has 0 saturated carbocycles. The molecule has 3 heteroatoms. The van der Waals surface area contributed by atoms with Crippen LogP contribution in [-0.4, -0.2) is 5.54 Å². The van der Waals surface area contributed by atoms with Crippen LogP contribution in [0.4, 0.5) is 5.69 Å². The van der Waals surface area contributed by atoms with Gasteiger partial charge in [0.2, 0.25) is 0 Å². The van der Waals surface area contributed by atoms with Crippen LogP contribution in [0.15, 0.2) is 33.5 Å². The lowest BCUT2D eigenvalue weighted by Gasteiger charge is -2.31. The summed E-state index contributed by atoms with van der Waals surface area (Å²) >= 11 is 0. The lowest BCUT2D eigenvalue weighted by atomic mass is 9.90. The fraction of sp³-hybridized carbons (Fsp3) is 0.312. The van der Waals surface area contributed by atoms with Gasteiger partial charge in [-0.05, 0) is 44.9 Å². The van der Waals surface area contributed by atoms with E-state index in [1.165, 1.54) is 17.2 Å². The molecule has 1 N–H and O–H groups in total. The lowest BCUT2D eigenvalue weighted by molar-refractivity contribution is 0.559. The fourth-order valence-corrected chi connectivity index (χ4v) is 2.80. The Balaban J connectivity index is 2.35. The van der Waals surface area contributed by atoms with E-state index in [9.17, 15) is 4.79 Å². The van der Waals surface area contributed by atoms with Crippen LogP contribution < -0.4 is 10.9 Å². The summed E-state index contributed by atoms with van der Waals surface area (Å²) in [5.41, 5.74) is 4.64. The largest absolute Gasteiger partial charge is 0.423 e. The van der Waals surface area contributed by atoms with Crippen molar-refractivity contribution >= 4 is 22.2 Å². The molecule has 0 unspecified atom stereocenters. The Bertz CT molecular complexity index is 766. The molecule has 0 spiro atoms. The Kier molecular flexibility index (Phi) is 2.36. The van der Waals surface area contributed by atoms with Crippen molar-refractivity contribution in [3.05, 3.63) is 45.8 Å². The standard InChI is InChI=1S/C16H17NO2/c1-9-5-15(18)19-14-7-13-11(6-12(9)14)10(2)8-16(3,4)17-13/h5-8,17H,1-4H3. The van der Waals surface area contributed by atoms with E-state index >= 15 is 0 Å². The van der Waals surface area contributed by atoms with Gasteiger partial charge < -0.3 is 9.73 Å². The van der Waals surface area contributed by atoms with E-state index in [2.05, 4.69) is 38.2 Å². The molecule has 1 aromatic heterocycles. The van der Waals surface area contributed by atoms with Crippen molar-refractivity contribution in [2.24, 2.45) is 0 Å². The lowest BCUT2D eigenvalue weighted by Crippen LogP contribution is -2.31. The molecule has 2 aromatic rings. The first-order chi connectivity index (χ1) is 8.85. The number of hydrogen-bond donors (Lipinski definition) is 1. The molecule has 0 saturated heterocycles. The van der Waals surface area contributed by atoms with Crippen LogP contribution in [0.2, 0.25) is 0 Å². The topological polar surface area (TPSA) is 42.2 Å². The number of nitrogens with one attached hydrogen (secondary N) is 1. The zero-order valence-corrected chi connectivity index (χ0v) is 11.6. The van der Waals surface area contributed by atoms with Gasteiger partial charge in [0.1, 0.15) is 5.58 Å². The maximum atomic E-state index is 11.5. The third kappa shape index (κ3) is 1.95. The van der Waals surface area contributed by atoms with Gasteiger partial charge in [0.15, 0.2) is 0 Å². The van der Waals surface area contributed by atoms with E-state index in [1.54, 1.807) is 0 Å². The number of allylic oxidation sites excluding steroid dienone is 1. The van der Waals surface area contributed by atoms with Crippen molar-refractivity contribution in [1.29, 1.82) is 0 Å². The van der Waals surface area contributed by atoms with Gasteiger partial charge in [-0.1, -0.05) is 6.08 Å². The van der Waals surface area contributed by atoms with Gasteiger partial charge >= 0.3 is 5.63 Å². The number of hydrogen-bond acceptors (Lipinski definition) is 3. The van der Waals surface area contributed by atoms with Crippen LogP contribution in [0.1, 0.15) is 31.9 Å². The third-order valence-corrected chi connectivity index (χ3v) is 3.55. The van der Waals surface area contributed by atoms with E-state index in [1.807, 2.05) is 13.0 Å². The van der Waals surface area contributed by atoms with Gasteiger partial charge in [-0.25, -0.2) is 4.79 Å². The molecule has 0 atom stereocenters. The van der Waals surface area contributed by atoms with E-state index < -0.39 is 0 Å². The molecular weight excluding hydrogens is 238 g/mol. The Morgan fingerprint density at radius 1 is 1.16 bits per heavy atom. The van der Waals surface area contributed by atoms with E-state index in [-0.39, 0.29) is 11.2 Å². The summed E-state index contributed by atoms with van der Waals surface area (Å²) in [6, 6.07) is 5.56. The van der Waals surface area contributed by atoms with Crippen LogP contribution in [0.25, 0.3) is 16.5 Å². The highest BCUT2D eigenvalue weighted by atomic mass is 16.4. The molecule has 0 amide bonds. The fourth-order valence-electron chi connectivity index (χ4n) is 2.80. The van der Waals surface area contributed by atoms with Crippen molar-refractivity contribution in [3.8, 4) is 0 Å². The van der Waals surface area contributed by atoms with Gasteiger partial charge in [0.05, 0.1) is 5.54 Å². The van der Waals surface area contributed by atoms with Gasteiger partial charge in [0.25, 0.3) is 0 Å². The SMILES string of the molecule is CC1=CC(C)(C)Nc2cc3oc(=O)cc(C)c3cc21.